The minimum atomic E-state index is -2.55. The molecule has 1 atom stereocenters. The second-order valence-corrected chi connectivity index (χ2v) is 10.6. The molecule has 0 saturated heterocycles. The van der Waals surface area contributed by atoms with Crippen molar-refractivity contribution in [2.45, 2.75) is 62.2 Å². The predicted molar refractivity (Wildman–Crippen MR) is 120 cm³/mol. The van der Waals surface area contributed by atoms with Crippen LogP contribution < -0.4 is 5.73 Å². The highest BCUT2D eigenvalue weighted by Gasteiger charge is 2.50. The van der Waals surface area contributed by atoms with Gasteiger partial charge in [-0.15, -0.1) is 17.3 Å². The first-order valence-electron chi connectivity index (χ1n) is 9.77. The van der Waals surface area contributed by atoms with Gasteiger partial charge in [0.15, 0.2) is 5.17 Å². The first-order chi connectivity index (χ1) is 13.7. The Hall–Kier alpha value is -1.84. The van der Waals surface area contributed by atoms with E-state index in [1.807, 2.05) is 19.1 Å². The van der Waals surface area contributed by atoms with Gasteiger partial charge in [-0.1, -0.05) is 29.8 Å². The van der Waals surface area contributed by atoms with Crippen molar-refractivity contribution in [3.05, 3.63) is 46.2 Å². The fraction of sp³-hybridized carbons (Fsp3) is 0.435. The number of amidine groups is 1. The Balaban J connectivity index is 1.63. The van der Waals surface area contributed by atoms with E-state index >= 15 is 0 Å². The normalized spacial score (nSPS) is 25.2. The Morgan fingerprint density at radius 3 is 2.59 bits per heavy atom. The average Bonchev–Trinajstić information content (AvgIpc) is 3.16. The van der Waals surface area contributed by atoms with E-state index in [-0.39, 0.29) is 17.6 Å². The van der Waals surface area contributed by atoms with Crippen molar-refractivity contribution >= 4 is 28.3 Å². The predicted octanol–water partition coefficient (Wildman–Crippen LogP) is 6.40. The summed E-state index contributed by atoms with van der Waals surface area (Å²) in [6.45, 7) is 3.92. The number of halogens is 2. The zero-order valence-electron chi connectivity index (χ0n) is 16.6. The first kappa shape index (κ1) is 20.4. The third kappa shape index (κ3) is 4.22. The molecule has 1 aromatic carbocycles. The van der Waals surface area contributed by atoms with Gasteiger partial charge < -0.3 is 5.73 Å². The quantitative estimate of drug-likeness (QED) is 0.560. The third-order valence-corrected chi connectivity index (χ3v) is 8.30. The fourth-order valence-corrected chi connectivity index (χ4v) is 6.85. The lowest BCUT2D eigenvalue weighted by atomic mass is 9.77. The number of thiophene rings is 1. The first-order valence-corrected chi connectivity index (χ1v) is 11.5. The van der Waals surface area contributed by atoms with Crippen molar-refractivity contribution in [2.24, 2.45) is 10.7 Å². The molecular formula is C23H24F2N2S2. The van der Waals surface area contributed by atoms with Crippen LogP contribution in [0.4, 0.5) is 8.78 Å². The van der Waals surface area contributed by atoms with Crippen molar-refractivity contribution in [2.75, 3.05) is 0 Å². The summed E-state index contributed by atoms with van der Waals surface area (Å²) in [6.07, 6.45) is 1.57. The maximum absolute atomic E-state index is 13.8. The van der Waals surface area contributed by atoms with Crippen molar-refractivity contribution in [3.8, 4) is 23.0 Å². The van der Waals surface area contributed by atoms with Crippen LogP contribution in [0.5, 0.6) is 0 Å². The molecule has 2 aromatic rings. The van der Waals surface area contributed by atoms with Crippen molar-refractivity contribution in [3.63, 3.8) is 0 Å². The molecule has 1 fully saturated rings. The van der Waals surface area contributed by atoms with Gasteiger partial charge in [0.2, 0.25) is 5.92 Å². The van der Waals surface area contributed by atoms with Gasteiger partial charge in [-0.2, -0.15) is 0 Å². The number of nitrogens with zero attached hydrogens (tertiary/aromatic N) is 1. The SMILES string of the molecule is CC#Cc1cccc(-c2csc(C3(C)CC4(CCC(F)(F)CC4)SC(N)=N3)c2)c1. The van der Waals surface area contributed by atoms with Crippen LogP contribution in [-0.4, -0.2) is 15.8 Å². The maximum atomic E-state index is 13.8. The van der Waals surface area contributed by atoms with Crippen molar-refractivity contribution < 1.29 is 8.78 Å². The molecule has 1 unspecified atom stereocenters. The summed E-state index contributed by atoms with van der Waals surface area (Å²) in [5, 5.41) is 2.65. The minimum absolute atomic E-state index is 0.0652. The lowest BCUT2D eigenvalue weighted by Crippen LogP contribution is -2.45. The largest absolute Gasteiger partial charge is 0.378 e. The maximum Gasteiger partial charge on any atom is 0.248 e. The summed E-state index contributed by atoms with van der Waals surface area (Å²) in [5.41, 5.74) is 8.96. The van der Waals surface area contributed by atoms with E-state index in [1.54, 1.807) is 11.3 Å². The molecule has 29 heavy (non-hydrogen) atoms. The van der Waals surface area contributed by atoms with Gasteiger partial charge in [-0.25, -0.2) is 8.78 Å². The van der Waals surface area contributed by atoms with E-state index in [0.29, 0.717) is 18.0 Å². The molecule has 0 amide bonds. The number of hydrogen-bond donors (Lipinski definition) is 1. The lowest BCUT2D eigenvalue weighted by Gasteiger charge is -2.46. The molecule has 4 rings (SSSR count). The Morgan fingerprint density at radius 1 is 1.10 bits per heavy atom. The highest BCUT2D eigenvalue weighted by atomic mass is 32.2. The summed E-state index contributed by atoms with van der Waals surface area (Å²) in [6, 6.07) is 10.3. The molecule has 1 aliphatic heterocycles. The lowest BCUT2D eigenvalue weighted by molar-refractivity contribution is -0.0433. The zero-order valence-corrected chi connectivity index (χ0v) is 18.2. The molecule has 1 aromatic heterocycles. The van der Waals surface area contributed by atoms with Crippen LogP contribution in [0, 0.1) is 11.8 Å². The Kier molecular flexibility index (Phi) is 5.25. The number of aliphatic imine (C=N–C) groups is 1. The topological polar surface area (TPSA) is 38.4 Å². The van der Waals surface area contributed by atoms with E-state index in [1.165, 1.54) is 11.8 Å². The molecule has 1 aliphatic carbocycles. The van der Waals surface area contributed by atoms with E-state index in [9.17, 15) is 8.78 Å². The van der Waals surface area contributed by atoms with Crippen molar-refractivity contribution in [1.82, 2.24) is 0 Å². The number of hydrogen-bond acceptors (Lipinski definition) is 4. The van der Waals surface area contributed by atoms with Gasteiger partial charge >= 0.3 is 0 Å². The second kappa shape index (κ2) is 7.45. The molecule has 2 N–H and O–H groups in total. The van der Waals surface area contributed by atoms with Crippen LogP contribution in [0.2, 0.25) is 0 Å². The van der Waals surface area contributed by atoms with E-state index in [2.05, 4.69) is 42.3 Å². The van der Waals surface area contributed by atoms with E-state index in [0.717, 1.165) is 28.0 Å². The highest BCUT2D eigenvalue weighted by Crippen LogP contribution is 2.55. The smallest absolute Gasteiger partial charge is 0.248 e. The number of alkyl halides is 2. The van der Waals surface area contributed by atoms with E-state index < -0.39 is 11.5 Å². The Labute approximate surface area is 179 Å². The summed E-state index contributed by atoms with van der Waals surface area (Å²) < 4.78 is 27.3. The van der Waals surface area contributed by atoms with Gasteiger partial charge in [-0.05, 0) is 67.8 Å². The zero-order chi connectivity index (χ0) is 20.7. The second-order valence-electron chi connectivity index (χ2n) is 8.20. The molecule has 6 heteroatoms. The number of nitrogens with two attached hydrogens (primary N) is 1. The van der Waals surface area contributed by atoms with Gasteiger partial charge in [0.05, 0.1) is 5.54 Å². The summed E-state index contributed by atoms with van der Waals surface area (Å²) in [7, 11) is 0. The molecule has 2 aliphatic rings. The molecule has 152 valence electrons. The van der Waals surface area contributed by atoms with E-state index in [4.69, 9.17) is 10.7 Å². The third-order valence-electron chi connectivity index (χ3n) is 5.83. The number of thioether (sulfide) groups is 1. The number of rotatable bonds is 2. The van der Waals surface area contributed by atoms with Gasteiger partial charge in [0.25, 0.3) is 0 Å². The molecular weight excluding hydrogens is 406 g/mol. The summed E-state index contributed by atoms with van der Waals surface area (Å²) in [4.78, 5) is 5.91. The molecule has 1 spiro atoms. The summed E-state index contributed by atoms with van der Waals surface area (Å²) in [5.74, 6) is 3.48. The average molecular weight is 431 g/mol. The molecule has 0 radical (unpaired) electrons. The van der Waals surface area contributed by atoms with Crippen LogP contribution in [0.25, 0.3) is 11.1 Å². The molecule has 2 nitrogen and oxygen atoms in total. The van der Waals surface area contributed by atoms with Crippen LogP contribution in [-0.2, 0) is 5.54 Å². The standard InChI is InChI=1S/C23H24F2N2S2/c1-3-5-16-6-4-7-17(12-16)18-13-19(28-14-18)21(2)15-22(29-20(26)27-21)8-10-23(24,25)11-9-22/h4,6-7,12-14H,8-11,15H2,1-2H3,(H2,26,27). The monoisotopic (exact) mass is 430 g/mol. The van der Waals surface area contributed by atoms with Gasteiger partial charge in [0.1, 0.15) is 0 Å². The fourth-order valence-electron chi connectivity index (χ4n) is 4.37. The molecule has 2 heterocycles. The summed E-state index contributed by atoms with van der Waals surface area (Å²) >= 11 is 3.16. The van der Waals surface area contributed by atoms with Crippen LogP contribution in [0.15, 0.2) is 40.7 Å². The molecule has 1 saturated carbocycles. The molecule has 0 bridgehead atoms. The Bertz CT molecular complexity index is 1010. The number of benzene rings is 1. The van der Waals surface area contributed by atoms with Gasteiger partial charge in [-0.3, -0.25) is 4.99 Å². The van der Waals surface area contributed by atoms with Gasteiger partial charge in [0, 0.05) is 28.0 Å². The van der Waals surface area contributed by atoms with Crippen LogP contribution in [0.1, 0.15) is 56.4 Å². The highest BCUT2D eigenvalue weighted by molar-refractivity contribution is 8.15. The van der Waals surface area contributed by atoms with Crippen LogP contribution >= 0.6 is 23.1 Å². The van der Waals surface area contributed by atoms with Crippen molar-refractivity contribution in [1.29, 1.82) is 0 Å². The minimum Gasteiger partial charge on any atom is -0.378 e. The van der Waals surface area contributed by atoms with Crippen LogP contribution in [0.3, 0.4) is 0 Å². The Morgan fingerprint density at radius 2 is 1.86 bits per heavy atom.